The van der Waals surface area contributed by atoms with Gasteiger partial charge in [-0.2, -0.15) is 5.10 Å². The van der Waals surface area contributed by atoms with Crippen LogP contribution in [0.2, 0.25) is 0 Å². The van der Waals surface area contributed by atoms with Crippen LogP contribution < -0.4 is 10.5 Å². The lowest BCUT2D eigenvalue weighted by molar-refractivity contribution is -0.119. The van der Waals surface area contributed by atoms with Crippen LogP contribution in [0.3, 0.4) is 0 Å². The molecule has 6 heteroatoms. The van der Waals surface area contributed by atoms with Crippen molar-refractivity contribution in [3.8, 4) is 0 Å². The molecule has 0 atom stereocenters. The molecule has 162 valence electrons. The molecule has 0 aliphatic carbocycles. The quantitative estimate of drug-likeness (QED) is 0.448. The fraction of sp³-hybridized carbons (Fsp3) is 0.231. The molecule has 2 aromatic heterocycles. The molecular weight excluding hydrogens is 400 g/mol. The number of nitrogens with zero attached hydrogens (tertiary/aromatic N) is 4. The Hall–Kier alpha value is -3.80. The lowest BCUT2D eigenvalue weighted by Crippen LogP contribution is -2.37. The summed E-state index contributed by atoms with van der Waals surface area (Å²) in [5.41, 5.74) is 3.51. The average Bonchev–Trinajstić information content (AvgIpc) is 2.83. The van der Waals surface area contributed by atoms with Crippen molar-refractivity contribution in [2.75, 3.05) is 11.4 Å². The predicted molar refractivity (Wildman–Crippen MR) is 127 cm³/mol. The number of rotatable bonds is 7. The molecule has 4 rings (SSSR count). The zero-order chi connectivity index (χ0) is 22.5. The van der Waals surface area contributed by atoms with E-state index in [9.17, 15) is 9.59 Å². The van der Waals surface area contributed by atoms with Crippen LogP contribution in [0.5, 0.6) is 0 Å². The molecule has 0 aliphatic rings. The van der Waals surface area contributed by atoms with Crippen molar-refractivity contribution in [2.24, 2.45) is 0 Å². The highest BCUT2D eigenvalue weighted by Crippen LogP contribution is 2.18. The maximum Gasteiger partial charge on any atom is 0.275 e. The molecule has 4 aromatic rings. The first-order chi connectivity index (χ1) is 15.6. The molecule has 0 bridgehead atoms. The highest BCUT2D eigenvalue weighted by Gasteiger charge is 2.18. The Labute approximate surface area is 187 Å². The molecule has 0 N–H and O–H groups in total. The van der Waals surface area contributed by atoms with Gasteiger partial charge in [0.15, 0.2) is 0 Å². The number of benzene rings is 2. The average molecular weight is 427 g/mol. The zero-order valence-corrected chi connectivity index (χ0v) is 18.4. The van der Waals surface area contributed by atoms with Crippen molar-refractivity contribution in [3.05, 3.63) is 100 Å². The van der Waals surface area contributed by atoms with Crippen molar-refractivity contribution < 1.29 is 4.79 Å². The molecule has 0 fully saturated rings. The van der Waals surface area contributed by atoms with E-state index >= 15 is 0 Å². The largest absolute Gasteiger partial charge is 0.311 e. The van der Waals surface area contributed by atoms with Gasteiger partial charge in [0.25, 0.3) is 5.56 Å². The van der Waals surface area contributed by atoms with Crippen LogP contribution in [0.1, 0.15) is 30.7 Å². The maximum absolute atomic E-state index is 13.2. The van der Waals surface area contributed by atoms with E-state index in [-0.39, 0.29) is 18.0 Å². The molecule has 0 saturated carbocycles. The topological polar surface area (TPSA) is 68.1 Å². The van der Waals surface area contributed by atoms with E-state index in [1.54, 1.807) is 23.4 Å². The van der Waals surface area contributed by atoms with Gasteiger partial charge < -0.3 is 4.90 Å². The van der Waals surface area contributed by atoms with Crippen molar-refractivity contribution >= 4 is 22.4 Å². The summed E-state index contributed by atoms with van der Waals surface area (Å²) in [6.07, 6.45) is 4.98. The molecule has 32 heavy (non-hydrogen) atoms. The third-order valence-electron chi connectivity index (χ3n) is 5.60. The highest BCUT2D eigenvalue weighted by atomic mass is 16.2. The molecule has 2 aromatic carbocycles. The lowest BCUT2D eigenvalue weighted by atomic mass is 10.1. The summed E-state index contributed by atoms with van der Waals surface area (Å²) in [7, 11) is 0. The Bertz CT molecular complexity index is 1280. The number of likely N-dealkylation sites (N-methyl/N-ethyl adjacent to an activating group) is 1. The molecule has 0 aliphatic heterocycles. The van der Waals surface area contributed by atoms with Gasteiger partial charge in [-0.25, -0.2) is 4.68 Å². The first kappa shape index (κ1) is 21.4. The molecule has 6 nitrogen and oxygen atoms in total. The molecule has 0 unspecified atom stereocenters. The Kier molecular flexibility index (Phi) is 6.40. The minimum atomic E-state index is -0.263. The molecule has 0 radical (unpaired) electrons. The second-order valence-corrected chi connectivity index (χ2v) is 7.65. The van der Waals surface area contributed by atoms with Gasteiger partial charge in [0.2, 0.25) is 5.91 Å². The summed E-state index contributed by atoms with van der Waals surface area (Å²) in [6, 6.07) is 19.2. The van der Waals surface area contributed by atoms with E-state index in [1.807, 2.05) is 61.5 Å². The summed E-state index contributed by atoms with van der Waals surface area (Å²) in [6.45, 7) is 4.41. The van der Waals surface area contributed by atoms with Gasteiger partial charge in [0.1, 0.15) is 6.54 Å². The first-order valence-corrected chi connectivity index (χ1v) is 10.9. The van der Waals surface area contributed by atoms with Crippen molar-refractivity contribution in [3.63, 3.8) is 0 Å². The SMILES string of the molecule is CCc1ccc(N(CC)C(=O)Cn2nc(Cc3cccnc3)c3ccccc3c2=O)cc1. The Morgan fingerprint density at radius 2 is 1.69 bits per heavy atom. The number of anilines is 1. The minimum absolute atomic E-state index is 0.118. The summed E-state index contributed by atoms with van der Waals surface area (Å²) in [5.74, 6) is -0.172. The van der Waals surface area contributed by atoms with Gasteiger partial charge in [-0.05, 0) is 48.7 Å². The number of carbonyl (C=O) groups excluding carboxylic acids is 1. The lowest BCUT2D eigenvalue weighted by Gasteiger charge is -2.22. The first-order valence-electron chi connectivity index (χ1n) is 10.9. The number of carbonyl (C=O) groups is 1. The number of aromatic nitrogens is 3. The van der Waals surface area contributed by atoms with E-state index in [0.29, 0.717) is 18.4 Å². The van der Waals surface area contributed by atoms with Gasteiger partial charge in [-0.15, -0.1) is 0 Å². The van der Waals surface area contributed by atoms with Crippen LogP contribution in [-0.2, 0) is 24.2 Å². The summed E-state index contributed by atoms with van der Waals surface area (Å²) in [5, 5.41) is 5.96. The highest BCUT2D eigenvalue weighted by molar-refractivity contribution is 5.93. The third kappa shape index (κ3) is 4.44. The van der Waals surface area contributed by atoms with Crippen LogP contribution >= 0.6 is 0 Å². The van der Waals surface area contributed by atoms with Crippen LogP contribution in [0.4, 0.5) is 5.69 Å². The molecule has 0 saturated heterocycles. The summed E-state index contributed by atoms with van der Waals surface area (Å²) < 4.78 is 1.29. The maximum atomic E-state index is 13.2. The van der Waals surface area contributed by atoms with E-state index < -0.39 is 0 Å². The standard InChI is InChI=1S/C26H26N4O2/c1-3-19-11-13-21(14-12-19)29(4-2)25(31)18-30-26(32)23-10-6-5-9-22(23)24(28-30)16-20-8-7-15-27-17-20/h5-15,17H,3-4,16,18H2,1-2H3. The molecular formula is C26H26N4O2. The number of pyridine rings is 1. The molecule has 2 heterocycles. The number of amides is 1. The zero-order valence-electron chi connectivity index (χ0n) is 18.4. The number of aryl methyl sites for hydroxylation is 1. The predicted octanol–water partition coefficient (Wildman–Crippen LogP) is 4.00. The van der Waals surface area contributed by atoms with E-state index in [1.165, 1.54) is 10.2 Å². The molecule has 1 amide bonds. The van der Waals surface area contributed by atoms with Crippen LogP contribution in [0.15, 0.2) is 77.9 Å². The van der Waals surface area contributed by atoms with E-state index in [0.717, 1.165) is 28.8 Å². The van der Waals surface area contributed by atoms with Gasteiger partial charge >= 0.3 is 0 Å². The second kappa shape index (κ2) is 9.56. The normalized spacial score (nSPS) is 10.9. The Morgan fingerprint density at radius 3 is 2.34 bits per heavy atom. The fourth-order valence-corrected chi connectivity index (χ4v) is 3.87. The van der Waals surface area contributed by atoms with Crippen LogP contribution in [-0.4, -0.2) is 27.2 Å². The van der Waals surface area contributed by atoms with Crippen LogP contribution in [0, 0.1) is 0 Å². The Balaban J connectivity index is 1.69. The van der Waals surface area contributed by atoms with Crippen molar-refractivity contribution in [2.45, 2.75) is 33.2 Å². The third-order valence-corrected chi connectivity index (χ3v) is 5.60. The van der Waals surface area contributed by atoms with E-state index in [2.05, 4.69) is 17.0 Å². The van der Waals surface area contributed by atoms with Crippen molar-refractivity contribution in [1.29, 1.82) is 0 Å². The summed E-state index contributed by atoms with van der Waals surface area (Å²) in [4.78, 5) is 32.1. The van der Waals surface area contributed by atoms with Crippen molar-refractivity contribution in [1.82, 2.24) is 14.8 Å². The Morgan fingerprint density at radius 1 is 0.938 bits per heavy atom. The fourth-order valence-electron chi connectivity index (χ4n) is 3.87. The monoisotopic (exact) mass is 426 g/mol. The van der Waals surface area contributed by atoms with Gasteiger partial charge in [0.05, 0.1) is 11.1 Å². The van der Waals surface area contributed by atoms with Crippen LogP contribution in [0.25, 0.3) is 10.8 Å². The second-order valence-electron chi connectivity index (χ2n) is 7.65. The number of hydrogen-bond acceptors (Lipinski definition) is 4. The molecule has 0 spiro atoms. The van der Waals surface area contributed by atoms with Gasteiger partial charge in [-0.1, -0.05) is 43.3 Å². The van der Waals surface area contributed by atoms with Gasteiger partial charge in [0, 0.05) is 36.4 Å². The van der Waals surface area contributed by atoms with Gasteiger partial charge in [-0.3, -0.25) is 14.6 Å². The smallest absolute Gasteiger partial charge is 0.275 e. The number of fused-ring (bicyclic) bond motifs is 1. The van der Waals surface area contributed by atoms with E-state index in [4.69, 9.17) is 0 Å². The minimum Gasteiger partial charge on any atom is -0.311 e. The number of hydrogen-bond donors (Lipinski definition) is 0. The summed E-state index contributed by atoms with van der Waals surface area (Å²) >= 11 is 0.